The number of ether oxygens (including phenoxy) is 2. The predicted octanol–water partition coefficient (Wildman–Crippen LogP) is 1.91. The van der Waals surface area contributed by atoms with Crippen LogP contribution in [0.25, 0.3) is 0 Å². The molecule has 1 aromatic rings. The Morgan fingerprint density at radius 2 is 1.85 bits per heavy atom. The van der Waals surface area contributed by atoms with E-state index in [0.717, 1.165) is 37.7 Å². The lowest BCUT2D eigenvalue weighted by Crippen LogP contribution is -2.54. The van der Waals surface area contributed by atoms with Crippen molar-refractivity contribution in [1.29, 1.82) is 0 Å². The molecule has 0 radical (unpaired) electrons. The highest BCUT2D eigenvalue weighted by molar-refractivity contribution is 5.86. The van der Waals surface area contributed by atoms with Crippen LogP contribution < -0.4 is 25.8 Å². The maximum Gasteiger partial charge on any atom is 0.257 e. The summed E-state index contributed by atoms with van der Waals surface area (Å²) in [5, 5.41) is 5.59. The second kappa shape index (κ2) is 11.0. The molecule has 1 saturated carbocycles. The molecule has 4 N–H and O–H groups in total. The predicted molar refractivity (Wildman–Crippen MR) is 106 cm³/mol. The maximum absolute atomic E-state index is 12.4. The van der Waals surface area contributed by atoms with Gasteiger partial charge >= 0.3 is 0 Å². The number of methoxy groups -OCH3 is 1. The van der Waals surface area contributed by atoms with Gasteiger partial charge in [-0.2, -0.15) is 0 Å². The van der Waals surface area contributed by atoms with Crippen LogP contribution in [0.1, 0.15) is 44.6 Å². The normalized spacial score (nSPS) is 15.2. The van der Waals surface area contributed by atoms with Gasteiger partial charge in [0.15, 0.2) is 18.1 Å². The van der Waals surface area contributed by atoms with E-state index in [4.69, 9.17) is 15.2 Å². The Labute approximate surface area is 166 Å². The molecule has 1 fully saturated rings. The van der Waals surface area contributed by atoms with Crippen molar-refractivity contribution >= 4 is 24.2 Å². The van der Waals surface area contributed by atoms with Crippen molar-refractivity contribution in [2.45, 2.75) is 51.1 Å². The first-order valence-corrected chi connectivity index (χ1v) is 9.12. The summed E-state index contributed by atoms with van der Waals surface area (Å²) in [4.78, 5) is 23.9. The van der Waals surface area contributed by atoms with Crippen LogP contribution in [0.4, 0.5) is 0 Å². The number of likely N-dealkylation sites (N-methyl/N-ethyl adjacent to an activating group) is 1. The molecule has 7 nitrogen and oxygen atoms in total. The molecular weight excluding hydrogens is 370 g/mol. The Balaban J connectivity index is 0.00000364. The van der Waals surface area contributed by atoms with Crippen molar-refractivity contribution in [3.05, 3.63) is 23.8 Å². The van der Waals surface area contributed by atoms with Gasteiger partial charge in [0.05, 0.1) is 12.6 Å². The molecular formula is C19H30ClN3O4. The Morgan fingerprint density at radius 3 is 2.48 bits per heavy atom. The molecule has 1 aromatic carbocycles. The average molecular weight is 400 g/mol. The number of nitrogens with two attached hydrogens (primary N) is 1. The lowest BCUT2D eigenvalue weighted by molar-refractivity contribution is -0.127. The molecule has 27 heavy (non-hydrogen) atoms. The molecule has 2 amide bonds. The van der Waals surface area contributed by atoms with Crippen molar-refractivity contribution in [3.63, 3.8) is 0 Å². The number of halogens is 1. The molecule has 8 heteroatoms. The molecule has 0 aliphatic heterocycles. The van der Waals surface area contributed by atoms with Crippen LogP contribution in [0.3, 0.4) is 0 Å². The van der Waals surface area contributed by atoms with Crippen LogP contribution in [0.15, 0.2) is 18.2 Å². The van der Waals surface area contributed by atoms with Crippen molar-refractivity contribution in [2.24, 2.45) is 5.73 Å². The van der Waals surface area contributed by atoms with Crippen molar-refractivity contribution in [2.75, 3.05) is 20.3 Å². The first kappa shape index (κ1) is 23.0. The van der Waals surface area contributed by atoms with Crippen molar-refractivity contribution in [1.82, 2.24) is 10.6 Å². The third kappa shape index (κ3) is 6.59. The van der Waals surface area contributed by atoms with Crippen molar-refractivity contribution < 1.29 is 19.1 Å². The van der Waals surface area contributed by atoms with Gasteiger partial charge in [-0.05, 0) is 37.5 Å². The van der Waals surface area contributed by atoms with Crippen LogP contribution >= 0.6 is 12.4 Å². The zero-order chi connectivity index (χ0) is 19.0. The largest absolute Gasteiger partial charge is 0.493 e. The van der Waals surface area contributed by atoms with Gasteiger partial charge in [0, 0.05) is 13.1 Å². The number of carbonyl (C=O) groups is 2. The van der Waals surface area contributed by atoms with Crippen molar-refractivity contribution in [3.8, 4) is 11.5 Å². The summed E-state index contributed by atoms with van der Waals surface area (Å²) in [7, 11) is 1.54. The Hall–Kier alpha value is -1.99. The van der Waals surface area contributed by atoms with E-state index in [1.807, 2.05) is 13.0 Å². The molecule has 0 saturated heterocycles. The number of benzene rings is 1. The first-order chi connectivity index (χ1) is 12.5. The van der Waals surface area contributed by atoms with E-state index in [1.54, 1.807) is 12.1 Å². The Bertz CT molecular complexity index is 633. The molecule has 0 heterocycles. The number of amides is 2. The van der Waals surface area contributed by atoms with Crippen LogP contribution in [0.5, 0.6) is 11.5 Å². The molecule has 2 rings (SSSR count). The number of rotatable bonds is 8. The summed E-state index contributed by atoms with van der Waals surface area (Å²) in [5.74, 6) is 0.705. The molecule has 0 spiro atoms. The molecule has 1 aliphatic rings. The number of hydrogen-bond acceptors (Lipinski definition) is 5. The topological polar surface area (TPSA) is 103 Å². The lowest BCUT2D eigenvalue weighted by atomic mass is 9.82. The third-order valence-corrected chi connectivity index (χ3v) is 4.61. The second-order valence-corrected chi connectivity index (χ2v) is 6.63. The third-order valence-electron chi connectivity index (χ3n) is 4.61. The van der Waals surface area contributed by atoms with E-state index < -0.39 is 5.54 Å². The van der Waals surface area contributed by atoms with Gasteiger partial charge in [-0.3, -0.25) is 9.59 Å². The summed E-state index contributed by atoms with van der Waals surface area (Å²) < 4.78 is 10.8. The second-order valence-electron chi connectivity index (χ2n) is 6.63. The fourth-order valence-electron chi connectivity index (χ4n) is 3.10. The standard InChI is InChI=1S/C19H29N3O4.ClH/c1-3-21-17(23)13-26-15-8-7-14(11-16(15)25-2)12-22-18(24)19(20)9-5-4-6-10-19;/h7-8,11H,3-6,9-10,12-13,20H2,1-2H3,(H,21,23)(H,22,24);1H. The van der Waals surface area contributed by atoms with E-state index >= 15 is 0 Å². The minimum atomic E-state index is -0.752. The summed E-state index contributed by atoms with van der Waals surface area (Å²) in [5.41, 5.74) is 6.37. The molecule has 152 valence electrons. The Morgan fingerprint density at radius 1 is 1.15 bits per heavy atom. The minimum Gasteiger partial charge on any atom is -0.493 e. The van der Waals surface area contributed by atoms with Gasteiger partial charge in [0.2, 0.25) is 5.91 Å². The fraction of sp³-hybridized carbons (Fsp3) is 0.579. The summed E-state index contributed by atoms with van der Waals surface area (Å²) >= 11 is 0. The lowest BCUT2D eigenvalue weighted by Gasteiger charge is -2.31. The highest BCUT2D eigenvalue weighted by Gasteiger charge is 2.34. The molecule has 0 aromatic heterocycles. The van der Waals surface area contributed by atoms with Crippen LogP contribution in [-0.2, 0) is 16.1 Å². The van der Waals surface area contributed by atoms with E-state index in [9.17, 15) is 9.59 Å². The van der Waals surface area contributed by atoms with Gasteiger partial charge in [-0.1, -0.05) is 25.3 Å². The number of hydrogen-bond donors (Lipinski definition) is 3. The average Bonchev–Trinajstić information content (AvgIpc) is 2.65. The zero-order valence-electron chi connectivity index (χ0n) is 16.0. The smallest absolute Gasteiger partial charge is 0.257 e. The quantitative estimate of drug-likeness (QED) is 0.619. The van der Waals surface area contributed by atoms with Gasteiger partial charge in [0.25, 0.3) is 5.91 Å². The van der Waals surface area contributed by atoms with Gasteiger partial charge in [-0.15, -0.1) is 12.4 Å². The molecule has 0 bridgehead atoms. The van der Waals surface area contributed by atoms with Gasteiger partial charge in [0.1, 0.15) is 0 Å². The first-order valence-electron chi connectivity index (χ1n) is 9.12. The fourth-order valence-corrected chi connectivity index (χ4v) is 3.10. The van der Waals surface area contributed by atoms with E-state index in [2.05, 4.69) is 10.6 Å². The van der Waals surface area contributed by atoms with Gasteiger partial charge in [-0.25, -0.2) is 0 Å². The zero-order valence-corrected chi connectivity index (χ0v) is 16.8. The number of carbonyl (C=O) groups excluding carboxylic acids is 2. The highest BCUT2D eigenvalue weighted by Crippen LogP contribution is 2.29. The highest BCUT2D eigenvalue weighted by atomic mass is 35.5. The molecule has 0 unspecified atom stereocenters. The Kier molecular flexibility index (Phi) is 9.38. The van der Waals surface area contributed by atoms with E-state index in [1.165, 1.54) is 7.11 Å². The summed E-state index contributed by atoms with van der Waals surface area (Å²) in [6.45, 7) is 2.70. The maximum atomic E-state index is 12.4. The minimum absolute atomic E-state index is 0. The van der Waals surface area contributed by atoms with Gasteiger partial charge < -0.3 is 25.8 Å². The molecule has 0 atom stereocenters. The summed E-state index contributed by atoms with van der Waals surface area (Å²) in [6, 6.07) is 5.36. The number of nitrogens with one attached hydrogen (secondary N) is 2. The van der Waals surface area contributed by atoms with Crippen LogP contribution in [0.2, 0.25) is 0 Å². The SMILES string of the molecule is CCNC(=O)COc1ccc(CNC(=O)C2(N)CCCCC2)cc1OC.Cl. The van der Waals surface area contributed by atoms with Crippen LogP contribution in [0, 0.1) is 0 Å². The monoisotopic (exact) mass is 399 g/mol. The van der Waals surface area contributed by atoms with E-state index in [0.29, 0.717) is 24.6 Å². The van der Waals surface area contributed by atoms with E-state index in [-0.39, 0.29) is 30.8 Å². The summed E-state index contributed by atoms with van der Waals surface area (Å²) in [6.07, 6.45) is 4.59. The molecule has 1 aliphatic carbocycles. The van der Waals surface area contributed by atoms with Crippen LogP contribution in [-0.4, -0.2) is 37.6 Å².